The fourth-order valence-electron chi connectivity index (χ4n) is 4.04. The van der Waals surface area contributed by atoms with E-state index in [1.165, 1.54) is 4.41 Å². The van der Waals surface area contributed by atoms with Crippen molar-refractivity contribution in [3.63, 3.8) is 0 Å². The van der Waals surface area contributed by atoms with Crippen molar-refractivity contribution in [3.05, 3.63) is 95.1 Å². The summed E-state index contributed by atoms with van der Waals surface area (Å²) < 4.78 is 55.3. The number of hydrogen-bond acceptors (Lipinski definition) is 5. The summed E-state index contributed by atoms with van der Waals surface area (Å²) in [6, 6.07) is 20.9. The minimum atomic E-state index is -3.93. The smallest absolute Gasteiger partial charge is 0.279 e. The molecule has 0 aromatic heterocycles. The standard InChI is InChI=1S/C25H27N3O4S2/c1-4-33(29,30)27-21-13-9-12-20(16-21)23-17-24(22-14-7-5-10-18(22)2)28(26-23)34(31,32)25-15-8-6-11-19(25)3/h5-16,24,27H,4,17H2,1-3H3/t24-/m0/s1. The topological polar surface area (TPSA) is 95.9 Å². The lowest BCUT2D eigenvalue weighted by atomic mass is 9.96. The second-order valence-electron chi connectivity index (χ2n) is 8.25. The van der Waals surface area contributed by atoms with E-state index in [9.17, 15) is 16.8 Å². The number of hydrogen-bond donors (Lipinski definition) is 1. The van der Waals surface area contributed by atoms with Gasteiger partial charge in [0.2, 0.25) is 10.0 Å². The van der Waals surface area contributed by atoms with Crippen molar-refractivity contribution in [2.75, 3.05) is 10.5 Å². The molecule has 0 saturated carbocycles. The summed E-state index contributed by atoms with van der Waals surface area (Å²) in [5.74, 6) is -0.0457. The highest BCUT2D eigenvalue weighted by atomic mass is 32.2. The number of anilines is 1. The molecule has 1 aliphatic heterocycles. The van der Waals surface area contributed by atoms with Crippen molar-refractivity contribution in [1.82, 2.24) is 4.41 Å². The number of hydrazone groups is 1. The highest BCUT2D eigenvalue weighted by molar-refractivity contribution is 7.92. The number of aryl methyl sites for hydroxylation is 2. The van der Waals surface area contributed by atoms with Crippen molar-refractivity contribution in [3.8, 4) is 0 Å². The van der Waals surface area contributed by atoms with E-state index in [1.807, 2.05) is 31.2 Å². The summed E-state index contributed by atoms with van der Waals surface area (Å²) in [5, 5.41) is 4.59. The minimum Gasteiger partial charge on any atom is -0.284 e. The maximum Gasteiger partial charge on any atom is 0.279 e. The summed E-state index contributed by atoms with van der Waals surface area (Å²) >= 11 is 0. The highest BCUT2D eigenvalue weighted by Crippen LogP contribution is 2.39. The predicted octanol–water partition coefficient (Wildman–Crippen LogP) is 4.61. The third-order valence-corrected chi connectivity index (χ3v) is 9.04. The van der Waals surface area contributed by atoms with Gasteiger partial charge in [0.05, 0.1) is 22.4 Å². The quantitative estimate of drug-likeness (QED) is 0.516. The van der Waals surface area contributed by atoms with E-state index in [0.717, 1.165) is 11.1 Å². The van der Waals surface area contributed by atoms with Crippen molar-refractivity contribution in [2.24, 2.45) is 5.10 Å². The molecule has 0 fully saturated rings. The molecule has 0 unspecified atom stereocenters. The molecule has 1 atom stereocenters. The van der Waals surface area contributed by atoms with Crippen molar-refractivity contribution >= 4 is 31.4 Å². The predicted molar refractivity (Wildman–Crippen MR) is 135 cm³/mol. The lowest BCUT2D eigenvalue weighted by Gasteiger charge is -2.25. The molecule has 3 aromatic rings. The van der Waals surface area contributed by atoms with Crippen LogP contribution in [0.4, 0.5) is 5.69 Å². The third-order valence-electron chi connectivity index (χ3n) is 5.89. The third kappa shape index (κ3) is 4.71. The van der Waals surface area contributed by atoms with Gasteiger partial charge in [0.15, 0.2) is 0 Å². The van der Waals surface area contributed by atoms with Crippen LogP contribution in [0.2, 0.25) is 0 Å². The fraction of sp³-hybridized carbons (Fsp3) is 0.240. The van der Waals surface area contributed by atoms with E-state index in [1.54, 1.807) is 62.4 Å². The summed E-state index contributed by atoms with van der Waals surface area (Å²) in [6.45, 7) is 5.28. The van der Waals surface area contributed by atoms with Crippen LogP contribution in [0.1, 0.15) is 41.6 Å². The molecule has 0 spiro atoms. The highest BCUT2D eigenvalue weighted by Gasteiger charge is 2.38. The van der Waals surface area contributed by atoms with Crippen molar-refractivity contribution in [2.45, 2.75) is 38.1 Å². The van der Waals surface area contributed by atoms with E-state index in [0.29, 0.717) is 28.9 Å². The van der Waals surface area contributed by atoms with Crippen LogP contribution >= 0.6 is 0 Å². The average molecular weight is 498 g/mol. The van der Waals surface area contributed by atoms with Crippen LogP contribution in [0.15, 0.2) is 82.8 Å². The van der Waals surface area contributed by atoms with E-state index >= 15 is 0 Å². The van der Waals surface area contributed by atoms with E-state index in [2.05, 4.69) is 9.82 Å². The molecule has 1 heterocycles. The van der Waals surface area contributed by atoms with Gasteiger partial charge in [-0.2, -0.15) is 17.9 Å². The lowest BCUT2D eigenvalue weighted by molar-refractivity contribution is 0.370. The normalized spacial score (nSPS) is 16.4. The number of benzene rings is 3. The number of nitrogens with zero attached hydrogens (tertiary/aromatic N) is 2. The van der Waals surface area contributed by atoms with Gasteiger partial charge in [0, 0.05) is 12.1 Å². The average Bonchev–Trinajstić information content (AvgIpc) is 3.26. The second-order valence-corrected chi connectivity index (χ2v) is 12.0. The van der Waals surface area contributed by atoms with Crippen LogP contribution in [0.5, 0.6) is 0 Å². The Kier molecular flexibility index (Phi) is 6.51. The zero-order valence-corrected chi connectivity index (χ0v) is 20.9. The van der Waals surface area contributed by atoms with Gasteiger partial charge in [0.25, 0.3) is 10.0 Å². The van der Waals surface area contributed by atoms with Gasteiger partial charge in [0.1, 0.15) is 0 Å². The van der Waals surface area contributed by atoms with E-state index in [-0.39, 0.29) is 10.6 Å². The second kappa shape index (κ2) is 9.23. The van der Waals surface area contributed by atoms with E-state index < -0.39 is 26.1 Å². The molecule has 3 aromatic carbocycles. The fourth-order valence-corrected chi connectivity index (χ4v) is 6.32. The minimum absolute atomic E-state index is 0.0457. The van der Waals surface area contributed by atoms with Gasteiger partial charge < -0.3 is 0 Å². The molecule has 0 radical (unpaired) electrons. The Hall–Kier alpha value is -3.17. The molecule has 1 aliphatic rings. The first-order valence-corrected chi connectivity index (χ1v) is 14.1. The number of rotatable bonds is 7. The van der Waals surface area contributed by atoms with Gasteiger partial charge >= 0.3 is 0 Å². The molecule has 0 bridgehead atoms. The van der Waals surface area contributed by atoms with Gasteiger partial charge in [-0.1, -0.05) is 54.6 Å². The Balaban J connectivity index is 1.80. The molecule has 0 amide bonds. The molecule has 34 heavy (non-hydrogen) atoms. The zero-order chi connectivity index (χ0) is 24.5. The molecular formula is C25H27N3O4S2. The van der Waals surface area contributed by atoms with Crippen molar-refractivity contribution in [1.29, 1.82) is 0 Å². The van der Waals surface area contributed by atoms with Gasteiger partial charge in [-0.15, -0.1) is 0 Å². The van der Waals surface area contributed by atoms with Crippen LogP contribution in [0.25, 0.3) is 0 Å². The number of sulfonamides is 2. The summed E-state index contributed by atoms with van der Waals surface area (Å²) in [5.41, 5.74) is 4.14. The molecule has 7 nitrogen and oxygen atoms in total. The molecule has 0 saturated heterocycles. The van der Waals surface area contributed by atoms with Crippen LogP contribution < -0.4 is 4.72 Å². The monoisotopic (exact) mass is 497 g/mol. The van der Waals surface area contributed by atoms with Gasteiger partial charge in [-0.05, 0) is 61.2 Å². The molecule has 0 aliphatic carbocycles. The number of nitrogens with one attached hydrogen (secondary N) is 1. The zero-order valence-electron chi connectivity index (χ0n) is 19.3. The van der Waals surface area contributed by atoms with Gasteiger partial charge in [-0.25, -0.2) is 8.42 Å². The van der Waals surface area contributed by atoms with Crippen molar-refractivity contribution < 1.29 is 16.8 Å². The maximum atomic E-state index is 13.7. The first kappa shape index (κ1) is 24.0. The Bertz CT molecular complexity index is 1460. The van der Waals surface area contributed by atoms with Crippen LogP contribution in [0.3, 0.4) is 0 Å². The van der Waals surface area contributed by atoms with Crippen LogP contribution in [-0.4, -0.2) is 32.7 Å². The Morgan fingerprint density at radius 1 is 0.912 bits per heavy atom. The SMILES string of the molecule is CCS(=O)(=O)Nc1cccc(C2=NN(S(=O)(=O)c3ccccc3C)[C@H](c3ccccc3C)C2)c1. The summed E-state index contributed by atoms with van der Waals surface area (Å²) in [7, 11) is -7.38. The Labute approximate surface area is 201 Å². The lowest BCUT2D eigenvalue weighted by Crippen LogP contribution is -2.28. The summed E-state index contributed by atoms with van der Waals surface area (Å²) in [4.78, 5) is 0.211. The Morgan fingerprint density at radius 2 is 1.59 bits per heavy atom. The largest absolute Gasteiger partial charge is 0.284 e. The maximum absolute atomic E-state index is 13.7. The van der Waals surface area contributed by atoms with Gasteiger partial charge in [-0.3, -0.25) is 4.72 Å². The Morgan fingerprint density at radius 3 is 2.26 bits per heavy atom. The van der Waals surface area contributed by atoms with Crippen LogP contribution in [-0.2, 0) is 20.0 Å². The first-order chi connectivity index (χ1) is 16.1. The summed E-state index contributed by atoms with van der Waals surface area (Å²) in [6.07, 6.45) is 0.361. The molecule has 178 valence electrons. The molecular weight excluding hydrogens is 470 g/mol. The first-order valence-electron chi connectivity index (χ1n) is 11.0. The molecule has 9 heteroatoms. The van der Waals surface area contributed by atoms with Crippen LogP contribution in [0, 0.1) is 13.8 Å². The molecule has 4 rings (SSSR count). The molecule has 1 N–H and O–H groups in total. The van der Waals surface area contributed by atoms with E-state index in [4.69, 9.17) is 0 Å².